The summed E-state index contributed by atoms with van der Waals surface area (Å²) in [5.74, 6) is 0.748. The molecule has 0 fully saturated rings. The van der Waals surface area contributed by atoms with Gasteiger partial charge in [-0.15, -0.1) is 0 Å². The van der Waals surface area contributed by atoms with E-state index < -0.39 is 0 Å². The van der Waals surface area contributed by atoms with Crippen LogP contribution in [0.1, 0.15) is 13.3 Å². The minimum absolute atomic E-state index is 0.748. The Morgan fingerprint density at radius 3 is 2.74 bits per heavy atom. The molecular formula is C16H17N3. The first-order valence-corrected chi connectivity index (χ1v) is 6.60. The fourth-order valence-electron chi connectivity index (χ4n) is 2.45. The minimum atomic E-state index is 0.748. The topological polar surface area (TPSA) is 43.8 Å². The molecule has 96 valence electrons. The van der Waals surface area contributed by atoms with Gasteiger partial charge in [-0.25, -0.2) is 4.98 Å². The average molecular weight is 251 g/mol. The Bertz CT molecular complexity index is 708. The first-order valence-electron chi connectivity index (χ1n) is 6.60. The number of nitrogens with zero attached hydrogens (tertiary/aromatic N) is 2. The third-order valence-corrected chi connectivity index (χ3v) is 3.39. The molecule has 3 aromatic rings. The summed E-state index contributed by atoms with van der Waals surface area (Å²) in [6, 6.07) is 14.6. The van der Waals surface area contributed by atoms with Crippen molar-refractivity contribution in [3.05, 3.63) is 48.8 Å². The Hall–Kier alpha value is -2.29. The normalized spacial score (nSPS) is 11.0. The summed E-state index contributed by atoms with van der Waals surface area (Å²) in [7, 11) is 0. The van der Waals surface area contributed by atoms with Crippen molar-refractivity contribution >= 4 is 16.6 Å². The quantitative estimate of drug-likeness (QED) is 0.771. The number of hydrogen-bond acceptors (Lipinski definition) is 2. The molecule has 0 radical (unpaired) electrons. The molecule has 2 N–H and O–H groups in total. The maximum Gasteiger partial charge on any atom is 0.131 e. The molecule has 0 saturated heterocycles. The van der Waals surface area contributed by atoms with Gasteiger partial charge in [-0.3, -0.25) is 0 Å². The highest BCUT2D eigenvalue weighted by atomic mass is 15.1. The Labute approximate surface area is 112 Å². The molecule has 0 aliphatic carbocycles. The molecule has 0 bridgehead atoms. The van der Waals surface area contributed by atoms with Crippen molar-refractivity contribution in [2.75, 3.05) is 5.73 Å². The van der Waals surface area contributed by atoms with Crippen LogP contribution in [0.5, 0.6) is 0 Å². The minimum Gasteiger partial charge on any atom is -0.383 e. The van der Waals surface area contributed by atoms with E-state index in [4.69, 9.17) is 5.73 Å². The summed E-state index contributed by atoms with van der Waals surface area (Å²) in [4.78, 5) is 4.49. The summed E-state index contributed by atoms with van der Waals surface area (Å²) < 4.78 is 2.01. The lowest BCUT2D eigenvalue weighted by molar-refractivity contribution is 0.686. The van der Waals surface area contributed by atoms with Crippen LogP contribution in [0.4, 0.5) is 5.82 Å². The van der Waals surface area contributed by atoms with Gasteiger partial charge in [0.1, 0.15) is 11.5 Å². The number of anilines is 1. The molecule has 1 aromatic heterocycles. The van der Waals surface area contributed by atoms with Gasteiger partial charge < -0.3 is 10.3 Å². The predicted molar refractivity (Wildman–Crippen MR) is 79.9 cm³/mol. The molecule has 0 aliphatic heterocycles. The molecule has 0 spiro atoms. The van der Waals surface area contributed by atoms with E-state index in [1.54, 1.807) is 0 Å². The predicted octanol–water partition coefficient (Wildman–Crippen LogP) is 3.70. The van der Waals surface area contributed by atoms with E-state index in [1.165, 1.54) is 10.8 Å². The van der Waals surface area contributed by atoms with Gasteiger partial charge in [0.15, 0.2) is 0 Å². The molecule has 0 saturated carbocycles. The number of rotatable bonds is 3. The molecule has 0 unspecified atom stereocenters. The van der Waals surface area contributed by atoms with Crippen LogP contribution in [-0.2, 0) is 6.54 Å². The summed E-state index contributed by atoms with van der Waals surface area (Å²) in [5, 5.41) is 2.41. The molecule has 0 amide bonds. The highest BCUT2D eigenvalue weighted by Crippen LogP contribution is 2.31. The van der Waals surface area contributed by atoms with Crippen LogP contribution >= 0.6 is 0 Å². The van der Waals surface area contributed by atoms with E-state index in [0.717, 1.165) is 30.0 Å². The smallest absolute Gasteiger partial charge is 0.131 e. The van der Waals surface area contributed by atoms with E-state index >= 15 is 0 Å². The lowest BCUT2D eigenvalue weighted by Gasteiger charge is -2.06. The first-order chi connectivity index (χ1) is 9.31. The number of benzene rings is 2. The lowest BCUT2D eigenvalue weighted by atomic mass is 10.0. The average Bonchev–Trinajstić information content (AvgIpc) is 2.80. The van der Waals surface area contributed by atoms with E-state index in [2.05, 4.69) is 42.2 Å². The molecule has 19 heavy (non-hydrogen) atoms. The Balaban J connectivity index is 2.19. The van der Waals surface area contributed by atoms with Crippen LogP contribution in [0.25, 0.3) is 22.0 Å². The van der Waals surface area contributed by atoms with Crippen LogP contribution in [0.15, 0.2) is 48.8 Å². The second-order valence-electron chi connectivity index (χ2n) is 4.70. The zero-order valence-corrected chi connectivity index (χ0v) is 11.0. The molecule has 3 heteroatoms. The number of hydrogen-bond donors (Lipinski definition) is 1. The second kappa shape index (κ2) is 4.76. The van der Waals surface area contributed by atoms with E-state index in [0.29, 0.717) is 0 Å². The van der Waals surface area contributed by atoms with Gasteiger partial charge >= 0.3 is 0 Å². The van der Waals surface area contributed by atoms with Crippen molar-refractivity contribution in [1.29, 1.82) is 0 Å². The van der Waals surface area contributed by atoms with E-state index in [9.17, 15) is 0 Å². The first kappa shape index (κ1) is 11.8. The highest BCUT2D eigenvalue weighted by molar-refractivity contribution is 5.97. The van der Waals surface area contributed by atoms with E-state index in [1.807, 2.05) is 23.0 Å². The van der Waals surface area contributed by atoms with Crippen molar-refractivity contribution in [2.45, 2.75) is 19.9 Å². The number of aromatic nitrogens is 2. The second-order valence-corrected chi connectivity index (χ2v) is 4.70. The molecule has 1 heterocycles. The van der Waals surface area contributed by atoms with Crippen LogP contribution in [0.3, 0.4) is 0 Å². The standard InChI is InChI=1S/C16H17N3/c1-2-10-19-11-18-15(16(19)17)14-9-5-7-12-6-3-4-8-13(12)14/h3-9,11H,2,10,17H2,1H3. The highest BCUT2D eigenvalue weighted by Gasteiger charge is 2.11. The molecule has 3 rings (SSSR count). The van der Waals surface area contributed by atoms with Crippen molar-refractivity contribution in [2.24, 2.45) is 0 Å². The van der Waals surface area contributed by atoms with Crippen molar-refractivity contribution in [3.63, 3.8) is 0 Å². The zero-order valence-electron chi connectivity index (χ0n) is 11.0. The maximum atomic E-state index is 6.21. The molecule has 0 aliphatic rings. The number of nitrogen functional groups attached to an aromatic ring is 1. The summed E-state index contributed by atoms with van der Waals surface area (Å²) in [5.41, 5.74) is 8.20. The van der Waals surface area contributed by atoms with Gasteiger partial charge in [-0.2, -0.15) is 0 Å². The van der Waals surface area contributed by atoms with Crippen molar-refractivity contribution in [3.8, 4) is 11.3 Å². The number of imidazole rings is 1. The fraction of sp³-hybridized carbons (Fsp3) is 0.188. The van der Waals surface area contributed by atoms with Gasteiger partial charge in [0.2, 0.25) is 0 Å². The van der Waals surface area contributed by atoms with Crippen LogP contribution < -0.4 is 5.73 Å². The molecule has 2 aromatic carbocycles. The van der Waals surface area contributed by atoms with Crippen molar-refractivity contribution < 1.29 is 0 Å². The van der Waals surface area contributed by atoms with Crippen LogP contribution in [0.2, 0.25) is 0 Å². The molecule has 0 atom stereocenters. The molecule has 3 nitrogen and oxygen atoms in total. The SMILES string of the molecule is CCCn1cnc(-c2cccc3ccccc23)c1N. The maximum absolute atomic E-state index is 6.21. The van der Waals surface area contributed by atoms with Crippen molar-refractivity contribution in [1.82, 2.24) is 9.55 Å². The Morgan fingerprint density at radius 1 is 1.11 bits per heavy atom. The van der Waals surface area contributed by atoms with Crippen LogP contribution in [0, 0.1) is 0 Å². The third kappa shape index (κ3) is 1.97. The van der Waals surface area contributed by atoms with Gasteiger partial charge in [0.05, 0.1) is 6.33 Å². The van der Waals surface area contributed by atoms with Gasteiger partial charge in [-0.1, -0.05) is 49.4 Å². The van der Waals surface area contributed by atoms with Gasteiger partial charge in [0.25, 0.3) is 0 Å². The lowest BCUT2D eigenvalue weighted by Crippen LogP contribution is -2.01. The van der Waals surface area contributed by atoms with E-state index in [-0.39, 0.29) is 0 Å². The van der Waals surface area contributed by atoms with Crippen LogP contribution in [-0.4, -0.2) is 9.55 Å². The Morgan fingerprint density at radius 2 is 1.89 bits per heavy atom. The third-order valence-electron chi connectivity index (χ3n) is 3.39. The van der Waals surface area contributed by atoms with Gasteiger partial charge in [-0.05, 0) is 17.2 Å². The number of nitrogens with two attached hydrogens (primary N) is 1. The summed E-state index contributed by atoms with van der Waals surface area (Å²) in [6.45, 7) is 3.04. The van der Waals surface area contributed by atoms with Gasteiger partial charge in [0, 0.05) is 12.1 Å². The number of aryl methyl sites for hydroxylation is 1. The monoisotopic (exact) mass is 251 g/mol. The number of fused-ring (bicyclic) bond motifs is 1. The largest absolute Gasteiger partial charge is 0.383 e. The fourth-order valence-corrected chi connectivity index (χ4v) is 2.45. The zero-order chi connectivity index (χ0) is 13.2. The summed E-state index contributed by atoms with van der Waals surface area (Å²) in [6.07, 6.45) is 2.88. The molecular weight excluding hydrogens is 234 g/mol. The summed E-state index contributed by atoms with van der Waals surface area (Å²) >= 11 is 0. The Kier molecular flexibility index (Phi) is 2.95.